The zero-order chi connectivity index (χ0) is 13.9. The van der Waals surface area contributed by atoms with E-state index in [-0.39, 0.29) is 24.0 Å². The summed E-state index contributed by atoms with van der Waals surface area (Å²) in [5, 5.41) is 9.35. The smallest absolute Gasteiger partial charge is 0.0477 e. The number of rotatable bonds is 4. The molecule has 1 aromatic carbocycles. The summed E-state index contributed by atoms with van der Waals surface area (Å²) in [6.45, 7) is 11.0. The summed E-state index contributed by atoms with van der Waals surface area (Å²) in [6, 6.07) is 6.43. The second kappa shape index (κ2) is 5.85. The van der Waals surface area contributed by atoms with Crippen LogP contribution in [-0.2, 0) is 5.41 Å². The van der Waals surface area contributed by atoms with Gasteiger partial charge in [-0.15, -0.1) is 0 Å². The first-order valence-electron chi connectivity index (χ1n) is 6.78. The van der Waals surface area contributed by atoms with Gasteiger partial charge in [0.2, 0.25) is 0 Å². The Morgan fingerprint density at radius 3 is 2.28 bits per heavy atom. The van der Waals surface area contributed by atoms with Crippen LogP contribution in [0.5, 0.6) is 0 Å². The van der Waals surface area contributed by atoms with Crippen molar-refractivity contribution in [3.63, 3.8) is 0 Å². The fraction of sp³-hybridized carbons (Fsp3) is 0.625. The topological polar surface area (TPSA) is 46.2 Å². The standard InChI is InChI=1S/C16H27NO/c1-6-12(10-18)15(17)14-8-7-13(9-11(14)2)16(3,4)5/h7-9,12,15,18H,6,10,17H2,1-5H3. The Balaban J connectivity index is 3.06. The molecule has 0 bridgehead atoms. The van der Waals surface area contributed by atoms with E-state index >= 15 is 0 Å². The highest BCUT2D eigenvalue weighted by Crippen LogP contribution is 2.29. The lowest BCUT2D eigenvalue weighted by atomic mass is 9.83. The van der Waals surface area contributed by atoms with Crippen molar-refractivity contribution in [2.45, 2.75) is 52.5 Å². The van der Waals surface area contributed by atoms with Crippen molar-refractivity contribution in [2.75, 3.05) is 6.61 Å². The molecule has 0 fully saturated rings. The summed E-state index contributed by atoms with van der Waals surface area (Å²) in [5.41, 5.74) is 10.1. The lowest BCUT2D eigenvalue weighted by Crippen LogP contribution is -2.25. The predicted molar refractivity (Wildman–Crippen MR) is 77.7 cm³/mol. The van der Waals surface area contributed by atoms with Gasteiger partial charge in [-0.1, -0.05) is 45.9 Å². The van der Waals surface area contributed by atoms with Crippen LogP contribution in [0.15, 0.2) is 18.2 Å². The van der Waals surface area contributed by atoms with Crippen LogP contribution in [0, 0.1) is 12.8 Å². The van der Waals surface area contributed by atoms with Crippen molar-refractivity contribution >= 4 is 0 Å². The van der Waals surface area contributed by atoms with E-state index in [2.05, 4.69) is 52.8 Å². The summed E-state index contributed by atoms with van der Waals surface area (Å²) in [5.74, 6) is 0.143. The SMILES string of the molecule is CCC(CO)C(N)c1ccc(C(C)(C)C)cc1C. The molecule has 2 unspecified atom stereocenters. The van der Waals surface area contributed by atoms with Crippen LogP contribution in [0.4, 0.5) is 0 Å². The van der Waals surface area contributed by atoms with Gasteiger partial charge in [0.05, 0.1) is 0 Å². The molecule has 102 valence electrons. The van der Waals surface area contributed by atoms with Crippen LogP contribution in [0.2, 0.25) is 0 Å². The molecular weight excluding hydrogens is 222 g/mol. The number of hydrogen-bond donors (Lipinski definition) is 2. The number of aliphatic hydroxyl groups excluding tert-OH is 1. The van der Waals surface area contributed by atoms with E-state index in [9.17, 15) is 5.11 Å². The number of hydrogen-bond acceptors (Lipinski definition) is 2. The average Bonchev–Trinajstić information content (AvgIpc) is 2.29. The van der Waals surface area contributed by atoms with E-state index in [1.165, 1.54) is 11.1 Å². The highest BCUT2D eigenvalue weighted by molar-refractivity contribution is 5.36. The normalized spacial score (nSPS) is 15.5. The van der Waals surface area contributed by atoms with Gasteiger partial charge in [-0.25, -0.2) is 0 Å². The minimum atomic E-state index is -0.0750. The average molecular weight is 249 g/mol. The largest absolute Gasteiger partial charge is 0.396 e. The van der Waals surface area contributed by atoms with Crippen LogP contribution >= 0.6 is 0 Å². The first-order valence-corrected chi connectivity index (χ1v) is 6.78. The van der Waals surface area contributed by atoms with Gasteiger partial charge in [0, 0.05) is 18.6 Å². The summed E-state index contributed by atoms with van der Waals surface area (Å²) >= 11 is 0. The van der Waals surface area contributed by atoms with Crippen molar-refractivity contribution < 1.29 is 5.11 Å². The molecular formula is C16H27NO. The van der Waals surface area contributed by atoms with Crippen molar-refractivity contribution in [3.8, 4) is 0 Å². The highest BCUT2D eigenvalue weighted by atomic mass is 16.3. The quantitative estimate of drug-likeness (QED) is 0.860. The molecule has 0 saturated carbocycles. The van der Waals surface area contributed by atoms with Crippen molar-refractivity contribution in [1.82, 2.24) is 0 Å². The highest BCUT2D eigenvalue weighted by Gasteiger charge is 2.20. The third-order valence-corrected chi connectivity index (χ3v) is 3.76. The van der Waals surface area contributed by atoms with Gasteiger partial charge in [0.1, 0.15) is 0 Å². The maximum atomic E-state index is 9.35. The fourth-order valence-electron chi connectivity index (χ4n) is 2.27. The molecule has 0 aromatic heterocycles. The molecule has 18 heavy (non-hydrogen) atoms. The second-order valence-electron chi connectivity index (χ2n) is 6.20. The zero-order valence-electron chi connectivity index (χ0n) is 12.3. The number of aryl methyl sites for hydroxylation is 1. The van der Waals surface area contributed by atoms with Gasteiger partial charge in [-0.3, -0.25) is 0 Å². The van der Waals surface area contributed by atoms with Crippen molar-refractivity contribution in [2.24, 2.45) is 11.7 Å². The van der Waals surface area contributed by atoms with Gasteiger partial charge in [-0.05, 0) is 35.4 Å². The van der Waals surface area contributed by atoms with Gasteiger partial charge in [-0.2, -0.15) is 0 Å². The lowest BCUT2D eigenvalue weighted by Gasteiger charge is -2.25. The van der Waals surface area contributed by atoms with E-state index in [4.69, 9.17) is 5.73 Å². The molecule has 1 rings (SSSR count). The van der Waals surface area contributed by atoms with E-state index in [0.29, 0.717) is 0 Å². The summed E-state index contributed by atoms with van der Waals surface area (Å²) in [7, 11) is 0. The minimum Gasteiger partial charge on any atom is -0.396 e. The summed E-state index contributed by atoms with van der Waals surface area (Å²) < 4.78 is 0. The number of nitrogens with two attached hydrogens (primary N) is 1. The maximum absolute atomic E-state index is 9.35. The fourth-order valence-corrected chi connectivity index (χ4v) is 2.27. The molecule has 1 aromatic rings. The van der Waals surface area contributed by atoms with Gasteiger partial charge in [0.25, 0.3) is 0 Å². The minimum absolute atomic E-state index is 0.0750. The molecule has 0 spiro atoms. The summed E-state index contributed by atoms with van der Waals surface area (Å²) in [6.07, 6.45) is 0.901. The maximum Gasteiger partial charge on any atom is 0.0477 e. The molecule has 0 saturated heterocycles. The Kier molecular flexibility index (Phi) is 4.94. The van der Waals surface area contributed by atoms with Gasteiger partial charge < -0.3 is 10.8 Å². The Morgan fingerprint density at radius 2 is 1.89 bits per heavy atom. The van der Waals surface area contributed by atoms with Crippen molar-refractivity contribution in [3.05, 3.63) is 34.9 Å². The molecule has 0 radical (unpaired) electrons. The van der Waals surface area contributed by atoms with Crippen LogP contribution in [0.3, 0.4) is 0 Å². The third-order valence-electron chi connectivity index (χ3n) is 3.76. The molecule has 3 N–H and O–H groups in total. The first kappa shape index (κ1) is 15.2. The molecule has 0 aliphatic rings. The third kappa shape index (κ3) is 3.33. The second-order valence-corrected chi connectivity index (χ2v) is 6.20. The Bertz CT molecular complexity index is 389. The Morgan fingerprint density at radius 1 is 1.28 bits per heavy atom. The van der Waals surface area contributed by atoms with Gasteiger partial charge >= 0.3 is 0 Å². The zero-order valence-corrected chi connectivity index (χ0v) is 12.3. The first-order chi connectivity index (χ1) is 8.31. The lowest BCUT2D eigenvalue weighted by molar-refractivity contribution is 0.200. The molecule has 0 aliphatic heterocycles. The van der Waals surface area contributed by atoms with Crippen molar-refractivity contribution in [1.29, 1.82) is 0 Å². The molecule has 0 aliphatic carbocycles. The number of aliphatic hydroxyl groups is 1. The Hall–Kier alpha value is -0.860. The van der Waals surface area contributed by atoms with Crippen LogP contribution < -0.4 is 5.73 Å². The van der Waals surface area contributed by atoms with E-state index in [1.54, 1.807) is 0 Å². The van der Waals surface area contributed by atoms with E-state index in [0.717, 1.165) is 12.0 Å². The van der Waals surface area contributed by atoms with E-state index in [1.807, 2.05) is 0 Å². The number of benzene rings is 1. The summed E-state index contributed by atoms with van der Waals surface area (Å²) in [4.78, 5) is 0. The predicted octanol–water partition coefficient (Wildman–Crippen LogP) is 3.31. The van der Waals surface area contributed by atoms with Crippen LogP contribution in [0.25, 0.3) is 0 Å². The van der Waals surface area contributed by atoms with E-state index < -0.39 is 0 Å². The van der Waals surface area contributed by atoms with Gasteiger partial charge in [0.15, 0.2) is 0 Å². The molecule has 2 atom stereocenters. The monoisotopic (exact) mass is 249 g/mol. The van der Waals surface area contributed by atoms with Crippen LogP contribution in [0.1, 0.15) is 56.8 Å². The Labute approximate surface area is 111 Å². The molecule has 0 amide bonds. The molecule has 2 nitrogen and oxygen atoms in total. The molecule has 2 heteroatoms. The van der Waals surface area contributed by atoms with Crippen LogP contribution in [-0.4, -0.2) is 11.7 Å². The molecule has 0 heterocycles.